The summed E-state index contributed by atoms with van der Waals surface area (Å²) < 4.78 is 19.9. The molecule has 0 unspecified atom stereocenters. The van der Waals surface area contributed by atoms with Crippen molar-refractivity contribution in [2.24, 2.45) is 0 Å². The maximum Gasteiger partial charge on any atom is 0.337 e. The molecule has 0 aliphatic rings. The van der Waals surface area contributed by atoms with Gasteiger partial charge >= 0.3 is 5.97 Å². The lowest BCUT2D eigenvalue weighted by molar-refractivity contribution is -0.160. The van der Waals surface area contributed by atoms with Gasteiger partial charge in [0, 0.05) is 22.5 Å². The Labute approximate surface area is 192 Å². The molecule has 170 valence electrons. The lowest BCUT2D eigenvalue weighted by atomic mass is 9.85. The van der Waals surface area contributed by atoms with Crippen LogP contribution in [0.5, 0.6) is 0 Å². The van der Waals surface area contributed by atoms with Gasteiger partial charge in [0.2, 0.25) is 0 Å². The molecule has 4 rings (SSSR count). The van der Waals surface area contributed by atoms with E-state index in [9.17, 15) is 14.3 Å². The zero-order chi connectivity index (χ0) is 24.1. The van der Waals surface area contributed by atoms with Gasteiger partial charge in [-0.1, -0.05) is 29.8 Å². The topological polar surface area (TPSA) is 72.3 Å². The van der Waals surface area contributed by atoms with Crippen LogP contribution in [0.1, 0.15) is 49.1 Å². The predicted octanol–water partition coefficient (Wildman–Crippen LogP) is 6.46. The van der Waals surface area contributed by atoms with Gasteiger partial charge in [-0.05, 0) is 69.9 Å². The van der Waals surface area contributed by atoms with Crippen molar-refractivity contribution >= 4 is 27.8 Å². The first-order valence-corrected chi connectivity index (χ1v) is 10.8. The highest BCUT2D eigenvalue weighted by molar-refractivity contribution is 6.09. The van der Waals surface area contributed by atoms with Gasteiger partial charge in [0.1, 0.15) is 5.82 Å². The highest BCUT2D eigenvalue weighted by atomic mass is 19.1. The molecule has 2 aromatic heterocycles. The highest BCUT2D eigenvalue weighted by Gasteiger charge is 2.33. The van der Waals surface area contributed by atoms with Crippen LogP contribution >= 0.6 is 0 Å². The first kappa shape index (κ1) is 22.8. The lowest BCUT2D eigenvalue weighted by Gasteiger charge is -2.29. The first-order chi connectivity index (χ1) is 15.5. The molecule has 4 aromatic rings. The Balaban J connectivity index is 2.18. The molecule has 5 nitrogen and oxygen atoms in total. The van der Waals surface area contributed by atoms with Gasteiger partial charge < -0.3 is 9.84 Å². The van der Waals surface area contributed by atoms with Gasteiger partial charge in [0.15, 0.2) is 6.10 Å². The number of carboxylic acids is 1. The molecule has 0 aliphatic heterocycles. The number of aromatic nitrogens is 2. The Kier molecular flexibility index (Phi) is 5.66. The summed E-state index contributed by atoms with van der Waals surface area (Å²) in [6.45, 7) is 11.3. The van der Waals surface area contributed by atoms with Crippen LogP contribution in [0.15, 0.2) is 42.7 Å². The number of nitrogens with zero attached hydrogens (tertiary/aromatic N) is 2. The van der Waals surface area contributed by atoms with Crippen molar-refractivity contribution in [3.8, 4) is 11.1 Å². The van der Waals surface area contributed by atoms with Crippen LogP contribution < -0.4 is 0 Å². The summed E-state index contributed by atoms with van der Waals surface area (Å²) in [5, 5.41) is 11.6. The normalized spacial score (nSPS) is 12.9. The Morgan fingerprint density at radius 2 is 1.64 bits per heavy atom. The number of aryl methyl sites for hydroxylation is 3. The number of hydrogen-bond donors (Lipinski definition) is 1. The second kappa shape index (κ2) is 8.19. The Morgan fingerprint density at radius 1 is 1.00 bits per heavy atom. The zero-order valence-corrected chi connectivity index (χ0v) is 19.7. The highest BCUT2D eigenvalue weighted by Crippen LogP contribution is 2.43. The molecular formula is C27H27FN2O3. The summed E-state index contributed by atoms with van der Waals surface area (Å²) in [4.78, 5) is 21.4. The average Bonchev–Trinajstić information content (AvgIpc) is 2.73. The SMILES string of the molecule is Cc1ccc(-c2c([C@H](OC(C)(C)C)C(=O)O)c(C)c3ncc4cc(F)cnc4c3c2C)cc1. The van der Waals surface area contributed by atoms with Gasteiger partial charge in [-0.15, -0.1) is 0 Å². The fraction of sp³-hybridized carbons (Fsp3) is 0.296. The molecule has 0 amide bonds. The average molecular weight is 447 g/mol. The fourth-order valence-corrected chi connectivity index (χ4v) is 4.36. The van der Waals surface area contributed by atoms with E-state index in [0.717, 1.165) is 27.6 Å². The summed E-state index contributed by atoms with van der Waals surface area (Å²) in [7, 11) is 0. The van der Waals surface area contributed by atoms with E-state index in [-0.39, 0.29) is 0 Å². The van der Waals surface area contributed by atoms with Crippen LogP contribution in [0.4, 0.5) is 4.39 Å². The number of halogens is 1. The van der Waals surface area contributed by atoms with E-state index in [1.165, 1.54) is 12.3 Å². The zero-order valence-electron chi connectivity index (χ0n) is 19.7. The van der Waals surface area contributed by atoms with Crippen molar-refractivity contribution in [1.29, 1.82) is 0 Å². The van der Waals surface area contributed by atoms with Crippen molar-refractivity contribution in [1.82, 2.24) is 9.97 Å². The molecule has 2 aromatic carbocycles. The van der Waals surface area contributed by atoms with Gasteiger partial charge in [-0.3, -0.25) is 9.97 Å². The van der Waals surface area contributed by atoms with Crippen LogP contribution in [-0.2, 0) is 9.53 Å². The maximum atomic E-state index is 13.8. The van der Waals surface area contributed by atoms with Gasteiger partial charge in [-0.25, -0.2) is 9.18 Å². The van der Waals surface area contributed by atoms with Gasteiger partial charge in [0.25, 0.3) is 0 Å². The fourth-order valence-electron chi connectivity index (χ4n) is 4.36. The van der Waals surface area contributed by atoms with Crippen LogP contribution in [0, 0.1) is 26.6 Å². The van der Waals surface area contributed by atoms with E-state index >= 15 is 0 Å². The molecule has 0 bridgehead atoms. The minimum Gasteiger partial charge on any atom is -0.479 e. The van der Waals surface area contributed by atoms with E-state index in [0.29, 0.717) is 27.5 Å². The predicted molar refractivity (Wildman–Crippen MR) is 128 cm³/mol. The summed E-state index contributed by atoms with van der Waals surface area (Å²) in [5.74, 6) is -1.50. The summed E-state index contributed by atoms with van der Waals surface area (Å²) in [6, 6.07) is 9.36. The van der Waals surface area contributed by atoms with Crippen molar-refractivity contribution < 1.29 is 19.0 Å². The van der Waals surface area contributed by atoms with Crippen LogP contribution in [0.3, 0.4) is 0 Å². The van der Waals surface area contributed by atoms with Gasteiger partial charge in [0.05, 0.1) is 22.8 Å². The molecule has 1 N–H and O–H groups in total. The smallest absolute Gasteiger partial charge is 0.337 e. The molecular weight excluding hydrogens is 419 g/mol. The monoisotopic (exact) mass is 446 g/mol. The Bertz CT molecular complexity index is 1390. The number of hydrogen-bond acceptors (Lipinski definition) is 4. The summed E-state index contributed by atoms with van der Waals surface area (Å²) in [6.07, 6.45) is 1.58. The molecule has 2 heterocycles. The van der Waals surface area contributed by atoms with E-state index < -0.39 is 23.5 Å². The van der Waals surface area contributed by atoms with Crippen LogP contribution in [0.25, 0.3) is 32.9 Å². The third-order valence-corrected chi connectivity index (χ3v) is 5.77. The number of carboxylic acid groups (broad SMARTS) is 1. The van der Waals surface area contributed by atoms with Gasteiger partial charge in [-0.2, -0.15) is 0 Å². The van der Waals surface area contributed by atoms with Crippen molar-refractivity contribution in [2.75, 3.05) is 0 Å². The van der Waals surface area contributed by atoms with E-state index in [4.69, 9.17) is 4.74 Å². The minimum atomic E-state index is -1.19. The lowest BCUT2D eigenvalue weighted by Crippen LogP contribution is -2.28. The third-order valence-electron chi connectivity index (χ3n) is 5.77. The van der Waals surface area contributed by atoms with E-state index in [1.807, 2.05) is 65.8 Å². The number of ether oxygens (including phenoxy) is 1. The van der Waals surface area contributed by atoms with E-state index in [1.54, 1.807) is 6.20 Å². The van der Waals surface area contributed by atoms with Crippen LogP contribution in [0.2, 0.25) is 0 Å². The molecule has 6 heteroatoms. The number of benzene rings is 2. The summed E-state index contributed by atoms with van der Waals surface area (Å²) in [5.41, 5.74) is 5.43. The largest absolute Gasteiger partial charge is 0.479 e. The number of carbonyl (C=O) groups is 1. The summed E-state index contributed by atoms with van der Waals surface area (Å²) >= 11 is 0. The number of fused-ring (bicyclic) bond motifs is 3. The van der Waals surface area contributed by atoms with Crippen LogP contribution in [-0.4, -0.2) is 26.6 Å². The molecule has 0 aliphatic carbocycles. The number of aliphatic carboxylic acids is 1. The molecule has 33 heavy (non-hydrogen) atoms. The van der Waals surface area contributed by atoms with Crippen molar-refractivity contribution in [3.63, 3.8) is 0 Å². The molecule has 1 atom stereocenters. The number of pyridine rings is 2. The Hall–Kier alpha value is -3.38. The molecule has 0 saturated heterocycles. The molecule has 0 fully saturated rings. The molecule has 0 spiro atoms. The first-order valence-electron chi connectivity index (χ1n) is 10.8. The Morgan fingerprint density at radius 3 is 2.24 bits per heavy atom. The van der Waals surface area contributed by atoms with Crippen molar-refractivity contribution in [2.45, 2.75) is 53.2 Å². The van der Waals surface area contributed by atoms with E-state index in [2.05, 4.69) is 9.97 Å². The second-order valence-corrected chi connectivity index (χ2v) is 9.43. The minimum absolute atomic E-state index is 0.432. The molecule has 0 radical (unpaired) electrons. The molecule has 0 saturated carbocycles. The van der Waals surface area contributed by atoms with Crippen molar-refractivity contribution in [3.05, 3.63) is 70.8 Å². The number of rotatable bonds is 4. The maximum absolute atomic E-state index is 13.8. The second-order valence-electron chi connectivity index (χ2n) is 9.43. The standard InChI is InChI=1S/C27H27FN2O3/c1-14-7-9-17(10-8-14)20-15(2)22-23(29-12-18-11-19(28)13-30-24(18)22)16(3)21(20)25(26(31)32)33-27(4,5)6/h7-13,25H,1-6H3,(H,31,32)/t25-/m0/s1. The third kappa shape index (κ3) is 4.18. The quantitative estimate of drug-likeness (QED) is 0.365.